The van der Waals surface area contributed by atoms with Crippen LogP contribution in [0.15, 0.2) is 77.6 Å². The minimum absolute atomic E-state index is 0.321. The van der Waals surface area contributed by atoms with Crippen LogP contribution in [0.4, 0.5) is 13.2 Å². The number of alkyl halides is 3. The van der Waals surface area contributed by atoms with Gasteiger partial charge >= 0.3 is 6.18 Å². The molecule has 2 nitrogen and oxygen atoms in total. The van der Waals surface area contributed by atoms with E-state index in [1.807, 2.05) is 0 Å². The molecule has 0 spiro atoms. The zero-order chi connectivity index (χ0) is 17.6. The van der Waals surface area contributed by atoms with Crippen molar-refractivity contribution in [1.29, 1.82) is 0 Å². The van der Waals surface area contributed by atoms with Crippen LogP contribution in [0.1, 0.15) is 6.92 Å². The fraction of sp³-hybridized carbons (Fsp3) is 0.235. The van der Waals surface area contributed by atoms with Gasteiger partial charge < -0.3 is 4.81 Å². The summed E-state index contributed by atoms with van der Waals surface area (Å²) in [6.45, 7) is 12.3. The number of hydrogen-bond acceptors (Lipinski definition) is 2. The number of halogens is 3. The molecular formula is C17H18BF3N2. The summed E-state index contributed by atoms with van der Waals surface area (Å²) >= 11 is 0. The van der Waals surface area contributed by atoms with Gasteiger partial charge in [-0.25, -0.2) is 0 Å². The lowest BCUT2D eigenvalue weighted by atomic mass is 9.90. The second-order valence-corrected chi connectivity index (χ2v) is 4.88. The van der Waals surface area contributed by atoms with E-state index >= 15 is 0 Å². The van der Waals surface area contributed by atoms with E-state index in [4.69, 9.17) is 7.98 Å². The van der Waals surface area contributed by atoms with Crippen molar-refractivity contribution >= 4 is 14.2 Å². The molecule has 0 fully saturated rings. The lowest BCUT2D eigenvalue weighted by Gasteiger charge is -2.17. The lowest BCUT2D eigenvalue weighted by molar-refractivity contribution is -0.0878. The van der Waals surface area contributed by atoms with E-state index in [0.29, 0.717) is 23.4 Å². The molecule has 1 atom stereocenters. The summed E-state index contributed by atoms with van der Waals surface area (Å²) < 4.78 is 38.4. The highest BCUT2D eigenvalue weighted by Gasteiger charge is 2.33. The van der Waals surface area contributed by atoms with Crippen molar-refractivity contribution in [2.45, 2.75) is 13.1 Å². The van der Waals surface area contributed by atoms with Crippen molar-refractivity contribution in [3.63, 3.8) is 0 Å². The van der Waals surface area contributed by atoms with Crippen molar-refractivity contribution in [2.75, 3.05) is 6.54 Å². The zero-order valence-corrected chi connectivity index (χ0v) is 13.0. The molecule has 0 amide bonds. The Kier molecular flexibility index (Phi) is 6.43. The molecule has 0 bridgehead atoms. The highest BCUT2D eigenvalue weighted by atomic mass is 19.4. The van der Waals surface area contributed by atoms with Gasteiger partial charge in [-0.15, -0.1) is 0 Å². The molecule has 6 heteroatoms. The monoisotopic (exact) mass is 318 g/mol. The van der Waals surface area contributed by atoms with Crippen LogP contribution in [0, 0.1) is 5.92 Å². The molecule has 1 heterocycles. The minimum Gasteiger partial charge on any atom is -0.424 e. The highest BCUT2D eigenvalue weighted by molar-refractivity contribution is 6.07. The van der Waals surface area contributed by atoms with Gasteiger partial charge in [-0.3, -0.25) is 4.99 Å². The van der Waals surface area contributed by atoms with Crippen LogP contribution in [-0.2, 0) is 0 Å². The molecule has 23 heavy (non-hydrogen) atoms. The molecule has 120 valence electrons. The number of nitrogens with zero attached hydrogens (tertiary/aromatic N) is 2. The summed E-state index contributed by atoms with van der Waals surface area (Å²) in [7, 11) is 5.91. The van der Waals surface area contributed by atoms with Crippen LogP contribution in [0.25, 0.3) is 0 Å². The highest BCUT2D eigenvalue weighted by Crippen LogP contribution is 2.35. The Bertz CT molecular complexity index is 610. The second kappa shape index (κ2) is 7.86. The van der Waals surface area contributed by atoms with Crippen molar-refractivity contribution in [1.82, 2.24) is 4.81 Å². The normalized spacial score (nSPS) is 19.9. The molecule has 1 rings (SSSR count). The quantitative estimate of drug-likeness (QED) is 0.405. The van der Waals surface area contributed by atoms with Gasteiger partial charge in [0, 0.05) is 41.7 Å². The van der Waals surface area contributed by atoms with Gasteiger partial charge in [0.05, 0.1) is 0 Å². The Labute approximate surface area is 136 Å². The zero-order valence-electron chi connectivity index (χ0n) is 13.0. The third kappa shape index (κ3) is 4.61. The molecule has 0 saturated heterocycles. The maximum absolute atomic E-state index is 12.8. The van der Waals surface area contributed by atoms with E-state index in [1.54, 1.807) is 25.2 Å². The van der Waals surface area contributed by atoms with Gasteiger partial charge in [0.15, 0.2) is 0 Å². The first kappa shape index (κ1) is 18.8. The molecule has 1 aliphatic heterocycles. The van der Waals surface area contributed by atoms with Crippen molar-refractivity contribution in [3.8, 4) is 0 Å². The van der Waals surface area contributed by atoms with Gasteiger partial charge in [0.2, 0.25) is 7.98 Å². The Morgan fingerprint density at radius 3 is 2.52 bits per heavy atom. The summed E-state index contributed by atoms with van der Waals surface area (Å²) in [4.78, 5) is 5.40. The lowest BCUT2D eigenvalue weighted by Crippen LogP contribution is -2.19. The van der Waals surface area contributed by atoms with E-state index in [1.165, 1.54) is 17.2 Å². The Hall–Kier alpha value is -2.24. The molecular weight excluding hydrogens is 300 g/mol. The smallest absolute Gasteiger partial charge is 0.415 e. The maximum atomic E-state index is 12.8. The van der Waals surface area contributed by atoms with Crippen LogP contribution in [0.3, 0.4) is 0 Å². The SMILES string of the molecule is [B]N1CC(C(/C=C\C)=C/C(=C)C(F)(F)F)C(C=NC=C)=C1C=C. The summed E-state index contributed by atoms with van der Waals surface area (Å²) in [5, 5.41) is 0. The molecule has 0 N–H and O–H groups in total. The fourth-order valence-corrected chi connectivity index (χ4v) is 2.29. The third-order valence-corrected chi connectivity index (χ3v) is 3.34. The number of aliphatic imine (C=N–C) groups is 1. The topological polar surface area (TPSA) is 15.6 Å². The Morgan fingerprint density at radius 2 is 2.04 bits per heavy atom. The van der Waals surface area contributed by atoms with E-state index in [-0.39, 0.29) is 5.92 Å². The standard InChI is InChI=1S/C17H18BF3N2/c1-5-8-13(9-12(4)17(19,20)21)15-11-23(18)16(6-2)14(15)10-22-7-3/h5-10,15H,2-4,11H2,1H3/b8-5-,13-9+,22-10?. The first-order valence-corrected chi connectivity index (χ1v) is 6.89. The molecule has 0 aromatic carbocycles. The molecule has 0 aromatic rings. The Morgan fingerprint density at radius 1 is 1.39 bits per heavy atom. The number of allylic oxidation sites excluding steroid dienone is 5. The van der Waals surface area contributed by atoms with Gasteiger partial charge in [-0.05, 0) is 24.6 Å². The van der Waals surface area contributed by atoms with Crippen molar-refractivity contribution in [3.05, 3.63) is 72.7 Å². The minimum atomic E-state index is -4.48. The molecule has 1 unspecified atom stereocenters. The van der Waals surface area contributed by atoms with Crippen molar-refractivity contribution < 1.29 is 13.2 Å². The molecule has 2 radical (unpaired) electrons. The van der Waals surface area contributed by atoms with E-state index in [0.717, 1.165) is 6.08 Å². The van der Waals surface area contributed by atoms with Gasteiger partial charge in [0.1, 0.15) is 0 Å². The molecule has 0 aromatic heterocycles. The van der Waals surface area contributed by atoms with Crippen LogP contribution in [0.2, 0.25) is 0 Å². The van der Waals surface area contributed by atoms with Gasteiger partial charge in [-0.1, -0.05) is 31.9 Å². The van der Waals surface area contributed by atoms with Crippen LogP contribution in [0.5, 0.6) is 0 Å². The average molecular weight is 318 g/mol. The second-order valence-electron chi connectivity index (χ2n) is 4.88. The summed E-state index contributed by atoms with van der Waals surface area (Å²) in [5.74, 6) is -0.369. The first-order valence-electron chi connectivity index (χ1n) is 6.89. The Balaban J connectivity index is 3.37. The summed E-state index contributed by atoms with van der Waals surface area (Å²) in [5.41, 5.74) is 0.837. The average Bonchev–Trinajstić information content (AvgIpc) is 2.79. The van der Waals surface area contributed by atoms with Crippen LogP contribution >= 0.6 is 0 Å². The predicted molar refractivity (Wildman–Crippen MR) is 90.0 cm³/mol. The van der Waals surface area contributed by atoms with E-state index < -0.39 is 11.7 Å². The van der Waals surface area contributed by atoms with E-state index in [9.17, 15) is 13.2 Å². The van der Waals surface area contributed by atoms with Gasteiger partial charge in [-0.2, -0.15) is 13.2 Å². The first-order chi connectivity index (χ1) is 10.8. The number of hydrogen-bond donors (Lipinski definition) is 0. The molecule has 0 aliphatic carbocycles. The number of rotatable bonds is 6. The summed E-state index contributed by atoms with van der Waals surface area (Å²) in [6, 6.07) is 0. The fourth-order valence-electron chi connectivity index (χ4n) is 2.29. The van der Waals surface area contributed by atoms with Gasteiger partial charge in [0.25, 0.3) is 0 Å². The predicted octanol–water partition coefficient (Wildman–Crippen LogP) is 4.28. The van der Waals surface area contributed by atoms with Crippen LogP contribution in [-0.4, -0.2) is 31.7 Å². The maximum Gasteiger partial charge on any atom is 0.415 e. The molecule has 0 saturated carbocycles. The molecule has 1 aliphatic rings. The summed E-state index contributed by atoms with van der Waals surface area (Å²) in [6.07, 6.45) is 4.28. The van der Waals surface area contributed by atoms with E-state index in [2.05, 4.69) is 24.7 Å². The van der Waals surface area contributed by atoms with Crippen molar-refractivity contribution in [2.24, 2.45) is 10.9 Å². The third-order valence-electron chi connectivity index (χ3n) is 3.34. The largest absolute Gasteiger partial charge is 0.424 e. The van der Waals surface area contributed by atoms with Crippen LogP contribution < -0.4 is 0 Å².